The summed E-state index contributed by atoms with van der Waals surface area (Å²) in [4.78, 5) is 65.5. The predicted octanol–water partition coefficient (Wildman–Crippen LogP) is 5.39. The van der Waals surface area contributed by atoms with Crippen LogP contribution in [0.5, 0.6) is 0 Å². The number of amides is 3. The fourth-order valence-corrected chi connectivity index (χ4v) is 5.91. The molecule has 0 aromatic heterocycles. The number of rotatable bonds is 8. The molecule has 0 bridgehead atoms. The number of hydrogen-bond acceptors (Lipinski definition) is 6. The molecule has 3 N–H and O–H groups in total. The third-order valence-electron chi connectivity index (χ3n) is 8.23. The highest BCUT2D eigenvalue weighted by molar-refractivity contribution is 6.37. The van der Waals surface area contributed by atoms with Crippen LogP contribution in [-0.4, -0.2) is 70.7 Å². The molecule has 0 aliphatic heterocycles. The molecule has 11 heteroatoms. The number of aromatic carboxylic acids is 1. The zero-order valence-corrected chi connectivity index (χ0v) is 24.8. The van der Waals surface area contributed by atoms with Crippen molar-refractivity contribution in [3.8, 4) is 0 Å². The monoisotopic (exact) mass is 603 g/mol. The normalized spacial score (nSPS) is 17.4. The summed E-state index contributed by atoms with van der Waals surface area (Å²) in [5.74, 6) is -4.60. The van der Waals surface area contributed by atoms with Gasteiger partial charge >= 0.3 is 23.9 Å². The number of carbonyl (C=O) groups excluding carboxylic acids is 3. The summed E-state index contributed by atoms with van der Waals surface area (Å²) in [6.45, 7) is 1.85. The molecule has 0 heterocycles. The lowest BCUT2D eigenvalue weighted by Gasteiger charge is -2.36. The first-order valence-electron chi connectivity index (χ1n) is 14.6. The molecule has 3 aromatic carbocycles. The average molecular weight is 604 g/mol. The van der Waals surface area contributed by atoms with Gasteiger partial charge in [0.1, 0.15) is 6.04 Å². The van der Waals surface area contributed by atoms with Crippen molar-refractivity contribution >= 4 is 52.0 Å². The summed E-state index contributed by atoms with van der Waals surface area (Å²) in [6.07, 6.45) is 2.87. The van der Waals surface area contributed by atoms with Crippen LogP contribution in [-0.2, 0) is 19.1 Å². The lowest BCUT2D eigenvalue weighted by atomic mass is 9.87. The predicted molar refractivity (Wildman–Crippen MR) is 165 cm³/mol. The molecule has 1 aliphatic rings. The molecule has 0 saturated heterocycles. The van der Waals surface area contributed by atoms with Gasteiger partial charge in [0.2, 0.25) is 5.91 Å². The number of aliphatic carboxylic acids is 1. The maximum Gasteiger partial charge on any atom is 0.410 e. The molecular formula is C33H37N3O8. The van der Waals surface area contributed by atoms with Crippen LogP contribution < -0.4 is 10.2 Å². The van der Waals surface area contributed by atoms with Gasteiger partial charge in [-0.2, -0.15) is 0 Å². The van der Waals surface area contributed by atoms with E-state index in [2.05, 4.69) is 5.32 Å². The molecule has 232 valence electrons. The first kappa shape index (κ1) is 32.0. The zero-order valence-electron chi connectivity index (χ0n) is 24.8. The van der Waals surface area contributed by atoms with Crippen molar-refractivity contribution in [1.82, 2.24) is 4.90 Å². The number of ether oxygens (including phenoxy) is 1. The van der Waals surface area contributed by atoms with Crippen molar-refractivity contribution in [3.05, 3.63) is 72.3 Å². The Morgan fingerprint density at radius 1 is 0.886 bits per heavy atom. The summed E-state index contributed by atoms with van der Waals surface area (Å²) in [5.41, 5.74) is 0.497. The van der Waals surface area contributed by atoms with Crippen LogP contribution >= 0.6 is 0 Å². The van der Waals surface area contributed by atoms with E-state index in [1.165, 1.54) is 30.2 Å². The first-order chi connectivity index (χ1) is 21.1. The second-order valence-corrected chi connectivity index (χ2v) is 11.0. The van der Waals surface area contributed by atoms with E-state index in [0.29, 0.717) is 31.4 Å². The summed E-state index contributed by atoms with van der Waals surface area (Å²) >= 11 is 0. The minimum Gasteiger partial charge on any atom is -0.478 e. The molecule has 4 rings (SSSR count). The van der Waals surface area contributed by atoms with Gasteiger partial charge in [-0.3, -0.25) is 19.4 Å². The van der Waals surface area contributed by atoms with Crippen LogP contribution in [0.4, 0.5) is 16.2 Å². The van der Waals surface area contributed by atoms with E-state index < -0.39 is 36.0 Å². The van der Waals surface area contributed by atoms with Crippen molar-refractivity contribution in [1.29, 1.82) is 0 Å². The van der Waals surface area contributed by atoms with Crippen LogP contribution in [0.1, 0.15) is 55.8 Å². The quantitative estimate of drug-likeness (QED) is 0.290. The zero-order chi connectivity index (χ0) is 31.8. The maximum atomic E-state index is 13.4. The number of nitrogens with zero attached hydrogens (tertiary/aromatic N) is 2. The molecule has 3 aromatic rings. The van der Waals surface area contributed by atoms with Gasteiger partial charge in [-0.25, -0.2) is 14.4 Å². The highest BCUT2D eigenvalue weighted by Gasteiger charge is 2.35. The van der Waals surface area contributed by atoms with E-state index in [1.54, 1.807) is 19.1 Å². The number of carboxylic acids is 2. The molecule has 1 saturated carbocycles. The van der Waals surface area contributed by atoms with Gasteiger partial charge in [0.05, 0.1) is 18.4 Å². The fourth-order valence-electron chi connectivity index (χ4n) is 5.91. The molecule has 3 amide bonds. The Kier molecular flexibility index (Phi) is 10.5. The number of carbonyl (C=O) groups is 5. The van der Waals surface area contributed by atoms with E-state index in [-0.39, 0.29) is 29.6 Å². The number of nitrogens with one attached hydrogen (secondary N) is 1. The summed E-state index contributed by atoms with van der Waals surface area (Å²) in [5, 5.41) is 24.1. The summed E-state index contributed by atoms with van der Waals surface area (Å²) < 4.78 is 5.05. The van der Waals surface area contributed by atoms with Crippen LogP contribution in [0.3, 0.4) is 0 Å². The Hall–Kier alpha value is -4.93. The minimum absolute atomic E-state index is 0.0319. The second kappa shape index (κ2) is 14.5. The molecule has 0 radical (unpaired) electrons. The number of para-hydroxylation sites is 1. The van der Waals surface area contributed by atoms with Crippen LogP contribution in [0, 0.1) is 5.92 Å². The van der Waals surface area contributed by atoms with Crippen molar-refractivity contribution in [3.63, 3.8) is 0 Å². The van der Waals surface area contributed by atoms with Crippen LogP contribution in [0.25, 0.3) is 10.8 Å². The maximum absolute atomic E-state index is 13.4. The fraction of sp³-hybridized carbons (Fsp3) is 0.364. The Morgan fingerprint density at radius 2 is 1.57 bits per heavy atom. The number of fused-ring (bicyclic) bond motifs is 1. The van der Waals surface area contributed by atoms with Gasteiger partial charge in [0.15, 0.2) is 0 Å². The molecule has 3 atom stereocenters. The smallest absolute Gasteiger partial charge is 0.410 e. The lowest BCUT2D eigenvalue weighted by molar-refractivity contribution is -0.149. The van der Waals surface area contributed by atoms with E-state index in [9.17, 15) is 34.2 Å². The highest BCUT2D eigenvalue weighted by atomic mass is 16.5. The first-order valence-corrected chi connectivity index (χ1v) is 14.6. The third-order valence-corrected chi connectivity index (χ3v) is 8.23. The lowest BCUT2D eigenvalue weighted by Crippen LogP contribution is -2.48. The average Bonchev–Trinajstić information content (AvgIpc) is 3.01. The Balaban J connectivity index is 1.53. The van der Waals surface area contributed by atoms with E-state index >= 15 is 0 Å². The Morgan fingerprint density at radius 3 is 2.30 bits per heavy atom. The number of methoxy groups -OCH3 is 1. The number of hydrogen-bond donors (Lipinski definition) is 3. The standard InChI is InChI=1S/C33H37N3O8/c1-21(29(37)34-27-16-9-12-23-11-4-6-14-25(23)27)35(33(43)44-2)20-22-10-3-5-13-24(19-18-22)36(30(38)32(41)42)28-17-8-7-15-26(28)31(39)40/h4,6-9,11-12,14-17,21-22,24H,3,5,10,13,18-20H2,1-2H3,(H,34,37)(H,39,40)(H,41,42)/t21-,22?,24?/m0/s1. The molecular weight excluding hydrogens is 566 g/mol. The molecule has 0 spiro atoms. The van der Waals surface area contributed by atoms with Gasteiger partial charge in [-0.1, -0.05) is 61.4 Å². The number of anilines is 2. The summed E-state index contributed by atoms with van der Waals surface area (Å²) in [7, 11) is 1.26. The van der Waals surface area contributed by atoms with Crippen LogP contribution in [0.15, 0.2) is 66.7 Å². The van der Waals surface area contributed by atoms with Crippen molar-refractivity contribution in [2.45, 2.75) is 57.5 Å². The van der Waals surface area contributed by atoms with E-state index in [4.69, 9.17) is 4.74 Å². The Labute approximate surface area is 255 Å². The van der Waals surface area contributed by atoms with Crippen LogP contribution in [0.2, 0.25) is 0 Å². The molecule has 2 unspecified atom stereocenters. The molecule has 1 aliphatic carbocycles. The van der Waals surface area contributed by atoms with E-state index in [1.807, 2.05) is 36.4 Å². The van der Waals surface area contributed by atoms with Crippen molar-refractivity contribution in [2.75, 3.05) is 23.9 Å². The molecule has 1 fully saturated rings. The van der Waals surface area contributed by atoms with Gasteiger partial charge in [-0.05, 0) is 62.1 Å². The number of carboxylic acid groups (broad SMARTS) is 2. The van der Waals surface area contributed by atoms with Gasteiger partial charge in [0.25, 0.3) is 0 Å². The SMILES string of the molecule is COC(=O)N(CC1CCCCC(N(C(=O)C(=O)O)c2ccccc2C(=O)O)CC1)[C@@H](C)C(=O)Nc1cccc2ccccc12. The summed E-state index contributed by atoms with van der Waals surface area (Å²) in [6, 6.07) is 17.7. The number of benzene rings is 3. The largest absolute Gasteiger partial charge is 0.478 e. The van der Waals surface area contributed by atoms with Gasteiger partial charge in [-0.15, -0.1) is 0 Å². The molecule has 11 nitrogen and oxygen atoms in total. The Bertz CT molecular complexity index is 1530. The van der Waals surface area contributed by atoms with Gasteiger partial charge in [0, 0.05) is 23.7 Å². The highest BCUT2D eigenvalue weighted by Crippen LogP contribution is 2.32. The molecule has 44 heavy (non-hydrogen) atoms. The second-order valence-electron chi connectivity index (χ2n) is 11.0. The van der Waals surface area contributed by atoms with E-state index in [0.717, 1.165) is 28.5 Å². The topological polar surface area (TPSA) is 154 Å². The van der Waals surface area contributed by atoms with Crippen molar-refractivity contribution in [2.24, 2.45) is 5.92 Å². The van der Waals surface area contributed by atoms with Gasteiger partial charge < -0.3 is 20.3 Å². The van der Waals surface area contributed by atoms with Crippen molar-refractivity contribution < 1.29 is 38.9 Å². The third kappa shape index (κ3) is 7.34. The minimum atomic E-state index is -1.67.